The average Bonchev–Trinajstić information content (AvgIpc) is 3.25. The zero-order valence-electron chi connectivity index (χ0n) is 14.0. The molecule has 2 aliphatic heterocycles. The number of fused-ring (bicyclic) bond motifs is 3. The summed E-state index contributed by atoms with van der Waals surface area (Å²) in [5, 5.41) is 10.9. The van der Waals surface area contributed by atoms with Crippen molar-refractivity contribution in [3.05, 3.63) is 69.1 Å². The van der Waals surface area contributed by atoms with Gasteiger partial charge in [-0.25, -0.2) is 4.79 Å². The number of carbonyl (C=O) groups excluding carboxylic acids is 2. The van der Waals surface area contributed by atoms with Crippen molar-refractivity contribution in [2.75, 3.05) is 6.61 Å². The maximum Gasteiger partial charge on any atom is 0.336 e. The van der Waals surface area contributed by atoms with Gasteiger partial charge < -0.3 is 14.3 Å². The normalized spacial score (nSPS) is 15.2. The van der Waals surface area contributed by atoms with E-state index in [9.17, 15) is 19.5 Å². The van der Waals surface area contributed by atoms with Crippen molar-refractivity contribution < 1.29 is 23.8 Å². The Balaban J connectivity index is 1.69. The molecular weight excluding hydrogens is 350 g/mol. The lowest BCUT2D eigenvalue weighted by molar-refractivity contribution is 0.0642. The van der Waals surface area contributed by atoms with Crippen LogP contribution in [0.25, 0.3) is 11.0 Å². The van der Waals surface area contributed by atoms with E-state index in [1.54, 1.807) is 24.3 Å². The van der Waals surface area contributed by atoms with Crippen molar-refractivity contribution in [3.63, 3.8) is 0 Å². The largest absolute Gasteiger partial charge is 0.502 e. The molecule has 0 saturated carbocycles. The number of ether oxygens (including phenoxy) is 1. The SMILES string of the molecule is O=C1c2ccccc2C(=O)N1Cc1c2c(c(O)c3oc(=O)ccc13)OCC2. The Morgan fingerprint density at radius 1 is 1.00 bits per heavy atom. The number of benzene rings is 2. The minimum atomic E-state index is -0.609. The molecule has 0 spiro atoms. The van der Waals surface area contributed by atoms with Crippen molar-refractivity contribution >= 4 is 22.8 Å². The molecule has 7 nitrogen and oxygen atoms in total. The van der Waals surface area contributed by atoms with E-state index in [4.69, 9.17) is 9.15 Å². The second-order valence-electron chi connectivity index (χ2n) is 6.47. The molecule has 7 heteroatoms. The number of imide groups is 1. The van der Waals surface area contributed by atoms with Crippen LogP contribution in [0.5, 0.6) is 11.5 Å². The van der Waals surface area contributed by atoms with Crippen molar-refractivity contribution in [3.8, 4) is 11.5 Å². The Bertz CT molecular complexity index is 1170. The molecule has 27 heavy (non-hydrogen) atoms. The van der Waals surface area contributed by atoms with Crippen LogP contribution in [0.15, 0.2) is 45.6 Å². The third kappa shape index (κ3) is 2.11. The number of carbonyl (C=O) groups is 2. The van der Waals surface area contributed by atoms with E-state index < -0.39 is 5.63 Å². The third-order valence-corrected chi connectivity index (χ3v) is 5.02. The number of phenols is 1. The standard InChI is InChI=1S/C20H13NO6/c22-15-6-5-10-14(11-7-8-26-17(11)16(23)18(10)27-15)9-21-19(24)12-3-1-2-4-13(12)20(21)25/h1-6,23H,7-9H2. The molecule has 2 aliphatic rings. The van der Waals surface area contributed by atoms with Gasteiger partial charge in [-0.3, -0.25) is 14.5 Å². The molecular formula is C20H13NO6. The molecule has 3 aromatic rings. The van der Waals surface area contributed by atoms with Crippen molar-refractivity contribution in [1.82, 2.24) is 4.90 Å². The summed E-state index contributed by atoms with van der Waals surface area (Å²) in [6.45, 7) is 0.362. The first kappa shape index (κ1) is 15.6. The van der Waals surface area contributed by atoms with Crippen molar-refractivity contribution in [2.24, 2.45) is 0 Å². The first-order chi connectivity index (χ1) is 13.1. The van der Waals surface area contributed by atoms with Crippen LogP contribution >= 0.6 is 0 Å². The fourth-order valence-corrected chi connectivity index (χ4v) is 3.77. The number of aromatic hydroxyl groups is 1. The number of hydrogen-bond donors (Lipinski definition) is 1. The Kier molecular flexibility index (Phi) is 3.15. The molecule has 1 N–H and O–H groups in total. The van der Waals surface area contributed by atoms with Crippen LogP contribution < -0.4 is 10.4 Å². The molecule has 0 saturated heterocycles. The number of nitrogens with zero attached hydrogens (tertiary/aromatic N) is 1. The van der Waals surface area contributed by atoms with E-state index in [-0.39, 0.29) is 35.4 Å². The number of rotatable bonds is 2. The predicted molar refractivity (Wildman–Crippen MR) is 94.0 cm³/mol. The van der Waals surface area contributed by atoms with Gasteiger partial charge in [-0.05, 0) is 23.8 Å². The maximum absolute atomic E-state index is 12.7. The lowest BCUT2D eigenvalue weighted by atomic mass is 9.98. The van der Waals surface area contributed by atoms with Crippen LogP contribution in [-0.4, -0.2) is 28.4 Å². The first-order valence-electron chi connectivity index (χ1n) is 8.45. The summed E-state index contributed by atoms with van der Waals surface area (Å²) in [5.74, 6) is -0.742. The molecule has 0 fully saturated rings. The molecule has 134 valence electrons. The van der Waals surface area contributed by atoms with Gasteiger partial charge in [-0.15, -0.1) is 0 Å². The van der Waals surface area contributed by atoms with Gasteiger partial charge in [0.2, 0.25) is 5.75 Å². The Hall–Kier alpha value is -3.61. The zero-order chi connectivity index (χ0) is 18.7. The third-order valence-electron chi connectivity index (χ3n) is 5.02. The molecule has 0 unspecified atom stereocenters. The summed E-state index contributed by atoms with van der Waals surface area (Å²) in [6.07, 6.45) is 0.524. The van der Waals surface area contributed by atoms with Gasteiger partial charge in [-0.1, -0.05) is 12.1 Å². The molecule has 0 radical (unpaired) electrons. The summed E-state index contributed by atoms with van der Waals surface area (Å²) in [6, 6.07) is 9.45. The molecule has 0 bridgehead atoms. The van der Waals surface area contributed by atoms with Crippen LogP contribution in [0, 0.1) is 0 Å². The van der Waals surface area contributed by atoms with Crippen LogP contribution in [-0.2, 0) is 13.0 Å². The van der Waals surface area contributed by atoms with Gasteiger partial charge in [0.25, 0.3) is 11.8 Å². The highest BCUT2D eigenvalue weighted by Crippen LogP contribution is 2.44. The molecule has 2 aromatic carbocycles. The first-order valence-corrected chi connectivity index (χ1v) is 8.45. The fourth-order valence-electron chi connectivity index (χ4n) is 3.77. The Labute approximate surface area is 152 Å². The molecule has 2 amide bonds. The highest BCUT2D eigenvalue weighted by atomic mass is 16.5. The number of amides is 2. The van der Waals surface area contributed by atoms with E-state index in [1.165, 1.54) is 17.0 Å². The van der Waals surface area contributed by atoms with Gasteiger partial charge in [0, 0.05) is 23.4 Å². The summed E-state index contributed by atoms with van der Waals surface area (Å²) in [4.78, 5) is 38.2. The summed E-state index contributed by atoms with van der Waals surface area (Å²) >= 11 is 0. The molecule has 3 heterocycles. The quantitative estimate of drug-likeness (QED) is 0.554. The van der Waals surface area contributed by atoms with Crippen molar-refractivity contribution in [1.29, 1.82) is 0 Å². The van der Waals surface area contributed by atoms with Crippen molar-refractivity contribution in [2.45, 2.75) is 13.0 Å². The second-order valence-corrected chi connectivity index (χ2v) is 6.47. The molecule has 5 rings (SSSR count). The van der Waals surface area contributed by atoms with Gasteiger partial charge in [-0.2, -0.15) is 0 Å². The van der Waals surface area contributed by atoms with E-state index in [0.29, 0.717) is 40.7 Å². The van der Waals surface area contributed by atoms with Gasteiger partial charge in [0.15, 0.2) is 11.3 Å². The topological polar surface area (TPSA) is 97.0 Å². The summed E-state index contributed by atoms with van der Waals surface area (Å²) < 4.78 is 10.7. The van der Waals surface area contributed by atoms with Crippen LogP contribution in [0.2, 0.25) is 0 Å². The predicted octanol–water partition coefficient (Wildman–Crippen LogP) is 2.23. The summed E-state index contributed by atoms with van der Waals surface area (Å²) in [5.41, 5.74) is 1.46. The number of hydrogen-bond acceptors (Lipinski definition) is 6. The minimum Gasteiger partial charge on any atom is -0.502 e. The Morgan fingerprint density at radius 3 is 2.41 bits per heavy atom. The van der Waals surface area contributed by atoms with Gasteiger partial charge in [0.1, 0.15) is 0 Å². The smallest absolute Gasteiger partial charge is 0.336 e. The maximum atomic E-state index is 12.7. The summed E-state index contributed by atoms with van der Waals surface area (Å²) in [7, 11) is 0. The van der Waals surface area contributed by atoms with Gasteiger partial charge in [0.05, 0.1) is 24.3 Å². The second kappa shape index (κ2) is 5.44. The number of phenolic OH excluding ortho intramolecular Hbond substituents is 1. The van der Waals surface area contributed by atoms with Crippen LogP contribution in [0.1, 0.15) is 31.8 Å². The zero-order valence-corrected chi connectivity index (χ0v) is 14.0. The Morgan fingerprint density at radius 2 is 1.70 bits per heavy atom. The highest BCUT2D eigenvalue weighted by molar-refractivity contribution is 6.21. The fraction of sp³-hybridized carbons (Fsp3) is 0.150. The average molecular weight is 363 g/mol. The monoisotopic (exact) mass is 363 g/mol. The molecule has 0 atom stereocenters. The highest BCUT2D eigenvalue weighted by Gasteiger charge is 2.37. The lowest BCUT2D eigenvalue weighted by Crippen LogP contribution is -2.29. The van der Waals surface area contributed by atoms with Gasteiger partial charge >= 0.3 is 5.63 Å². The van der Waals surface area contributed by atoms with Crippen LogP contribution in [0.4, 0.5) is 0 Å². The van der Waals surface area contributed by atoms with E-state index in [0.717, 1.165) is 0 Å². The van der Waals surface area contributed by atoms with E-state index in [1.807, 2.05) is 0 Å². The molecule has 0 aliphatic carbocycles. The van der Waals surface area contributed by atoms with E-state index in [2.05, 4.69) is 0 Å². The lowest BCUT2D eigenvalue weighted by Gasteiger charge is -2.18. The molecule has 1 aromatic heterocycles. The minimum absolute atomic E-state index is 0.00252. The van der Waals surface area contributed by atoms with Crippen LogP contribution in [0.3, 0.4) is 0 Å². The van der Waals surface area contributed by atoms with E-state index >= 15 is 0 Å².